The number of nitrogens with two attached hydrogens (primary N) is 1. The van der Waals surface area contributed by atoms with Crippen LogP contribution in [0.15, 0.2) is 35.8 Å². The summed E-state index contributed by atoms with van der Waals surface area (Å²) in [6, 6.07) is 7.71. The topological polar surface area (TPSA) is 56.0 Å². The Balaban J connectivity index is 1.92. The van der Waals surface area contributed by atoms with E-state index < -0.39 is 0 Å². The van der Waals surface area contributed by atoms with Gasteiger partial charge in [0, 0.05) is 23.7 Å². The highest BCUT2D eigenvalue weighted by molar-refractivity contribution is 7.09. The number of rotatable bonds is 5. The van der Waals surface area contributed by atoms with E-state index in [0.717, 1.165) is 16.3 Å². The lowest BCUT2D eigenvalue weighted by molar-refractivity contribution is -0.118. The van der Waals surface area contributed by atoms with Crippen molar-refractivity contribution in [1.82, 2.24) is 4.98 Å². The quantitative estimate of drug-likeness (QED) is 0.841. The first-order valence-electron chi connectivity index (χ1n) is 5.90. The minimum absolute atomic E-state index is 0.220. The molecule has 4 heteroatoms. The number of nitrogens with zero attached hydrogens (tertiary/aromatic N) is 1. The van der Waals surface area contributed by atoms with Gasteiger partial charge in [-0.3, -0.25) is 4.79 Å². The molecule has 0 fully saturated rings. The first-order chi connectivity index (χ1) is 8.65. The van der Waals surface area contributed by atoms with Crippen LogP contribution in [0.5, 0.6) is 0 Å². The Bertz CT molecular complexity index is 505. The highest BCUT2D eigenvalue weighted by atomic mass is 32.1. The molecule has 18 heavy (non-hydrogen) atoms. The maximum atomic E-state index is 11.9. The predicted octanol–water partition coefficient (Wildman–Crippen LogP) is 3.03. The minimum Gasteiger partial charge on any atom is -0.399 e. The minimum atomic E-state index is 0.220. The van der Waals surface area contributed by atoms with E-state index >= 15 is 0 Å². The van der Waals surface area contributed by atoms with Crippen molar-refractivity contribution < 1.29 is 4.79 Å². The number of thiazole rings is 1. The van der Waals surface area contributed by atoms with Crippen molar-refractivity contribution in [2.75, 3.05) is 5.73 Å². The third kappa shape index (κ3) is 3.40. The molecule has 0 aliphatic heterocycles. The summed E-state index contributed by atoms with van der Waals surface area (Å²) in [5, 5.41) is 2.79. The van der Waals surface area contributed by atoms with Gasteiger partial charge in [0.05, 0.1) is 11.4 Å². The highest BCUT2D eigenvalue weighted by Crippen LogP contribution is 2.21. The van der Waals surface area contributed by atoms with Gasteiger partial charge >= 0.3 is 0 Å². The van der Waals surface area contributed by atoms with Crippen LogP contribution in [0, 0.1) is 0 Å². The molecule has 0 bridgehead atoms. The zero-order chi connectivity index (χ0) is 13.0. The number of hydrogen-bond donors (Lipinski definition) is 1. The number of carbonyl (C=O) groups is 1. The number of anilines is 1. The number of benzene rings is 1. The van der Waals surface area contributed by atoms with Crippen LogP contribution >= 0.6 is 11.3 Å². The zero-order valence-electron chi connectivity index (χ0n) is 10.3. The van der Waals surface area contributed by atoms with Crippen molar-refractivity contribution in [3.63, 3.8) is 0 Å². The Morgan fingerprint density at radius 1 is 1.39 bits per heavy atom. The lowest BCUT2D eigenvalue weighted by Crippen LogP contribution is -2.07. The maximum absolute atomic E-state index is 11.9. The first kappa shape index (κ1) is 12.8. The summed E-state index contributed by atoms with van der Waals surface area (Å²) in [5.41, 5.74) is 7.54. The van der Waals surface area contributed by atoms with E-state index in [4.69, 9.17) is 5.73 Å². The molecule has 3 nitrogen and oxygen atoms in total. The molecule has 1 heterocycles. The van der Waals surface area contributed by atoms with E-state index in [1.165, 1.54) is 11.3 Å². The van der Waals surface area contributed by atoms with Crippen molar-refractivity contribution >= 4 is 22.8 Å². The fourth-order valence-electron chi connectivity index (χ4n) is 1.87. The second kappa shape index (κ2) is 5.78. The van der Waals surface area contributed by atoms with Gasteiger partial charge in [-0.2, -0.15) is 0 Å². The predicted molar refractivity (Wildman–Crippen MR) is 74.7 cm³/mol. The van der Waals surface area contributed by atoms with Crippen LogP contribution < -0.4 is 5.73 Å². The fraction of sp³-hybridized carbons (Fsp3) is 0.286. The summed E-state index contributed by atoms with van der Waals surface area (Å²) in [7, 11) is 0. The van der Waals surface area contributed by atoms with Crippen LogP contribution in [0.2, 0.25) is 0 Å². The number of carbonyl (C=O) groups excluding carboxylic acids is 1. The summed E-state index contributed by atoms with van der Waals surface area (Å²) < 4.78 is 0. The lowest BCUT2D eigenvalue weighted by atomic mass is 9.95. The van der Waals surface area contributed by atoms with E-state index in [0.29, 0.717) is 12.8 Å². The molecule has 0 amide bonds. The Labute approximate surface area is 111 Å². The van der Waals surface area contributed by atoms with Crippen molar-refractivity contribution in [1.29, 1.82) is 0 Å². The summed E-state index contributed by atoms with van der Waals surface area (Å²) >= 11 is 1.53. The molecule has 1 aromatic heterocycles. The molecule has 1 aromatic carbocycles. The van der Waals surface area contributed by atoms with Gasteiger partial charge in [-0.1, -0.05) is 19.1 Å². The monoisotopic (exact) mass is 260 g/mol. The van der Waals surface area contributed by atoms with E-state index in [-0.39, 0.29) is 11.7 Å². The van der Waals surface area contributed by atoms with Crippen LogP contribution in [0.3, 0.4) is 0 Å². The Hall–Kier alpha value is -1.68. The molecule has 0 radical (unpaired) electrons. The largest absolute Gasteiger partial charge is 0.399 e. The molecule has 1 atom stereocenters. The number of ketones is 1. The molecule has 0 spiro atoms. The average molecular weight is 260 g/mol. The van der Waals surface area contributed by atoms with Gasteiger partial charge in [-0.25, -0.2) is 4.98 Å². The highest BCUT2D eigenvalue weighted by Gasteiger charge is 2.12. The molecule has 1 unspecified atom stereocenters. The molecule has 94 valence electrons. The van der Waals surface area contributed by atoms with Gasteiger partial charge in [0.1, 0.15) is 5.78 Å². The number of Topliss-reactive ketones (excluding diaryl/α,β-unsaturated/α-hetero) is 1. The molecule has 2 aromatic rings. The molecule has 0 saturated heterocycles. The Morgan fingerprint density at radius 2 is 2.11 bits per heavy atom. The van der Waals surface area contributed by atoms with Crippen molar-refractivity contribution in [2.45, 2.75) is 25.7 Å². The van der Waals surface area contributed by atoms with Crippen molar-refractivity contribution in [3.05, 3.63) is 46.4 Å². The SMILES string of the molecule is CC(CC(=O)Cc1nccs1)c1ccc(N)cc1. The first-order valence-corrected chi connectivity index (χ1v) is 6.78. The Kier molecular flexibility index (Phi) is 4.10. The fourth-order valence-corrected chi connectivity index (χ4v) is 2.51. The number of aromatic nitrogens is 1. The van der Waals surface area contributed by atoms with E-state index in [9.17, 15) is 4.79 Å². The van der Waals surface area contributed by atoms with Gasteiger partial charge < -0.3 is 5.73 Å². The standard InChI is InChI=1S/C14H16N2OS/c1-10(11-2-4-12(15)5-3-11)8-13(17)9-14-16-6-7-18-14/h2-7,10H,8-9,15H2,1H3. The van der Waals surface area contributed by atoms with Gasteiger partial charge in [0.25, 0.3) is 0 Å². The second-order valence-electron chi connectivity index (χ2n) is 4.41. The maximum Gasteiger partial charge on any atom is 0.140 e. The number of nitrogen functional groups attached to an aromatic ring is 1. The molecule has 2 rings (SSSR count). The van der Waals surface area contributed by atoms with Crippen LogP contribution in [-0.4, -0.2) is 10.8 Å². The van der Waals surface area contributed by atoms with Gasteiger partial charge in [0.15, 0.2) is 0 Å². The van der Waals surface area contributed by atoms with Gasteiger partial charge in [-0.05, 0) is 23.6 Å². The summed E-state index contributed by atoms with van der Waals surface area (Å²) in [6.07, 6.45) is 2.72. The smallest absolute Gasteiger partial charge is 0.140 e. The van der Waals surface area contributed by atoms with Crippen LogP contribution in [0.1, 0.15) is 29.8 Å². The third-order valence-corrected chi connectivity index (χ3v) is 3.65. The zero-order valence-corrected chi connectivity index (χ0v) is 11.1. The summed E-state index contributed by atoms with van der Waals surface area (Å²) in [4.78, 5) is 16.0. The average Bonchev–Trinajstić information content (AvgIpc) is 2.82. The molecule has 2 N–H and O–H groups in total. The molecule has 0 aliphatic rings. The normalized spacial score (nSPS) is 12.3. The third-order valence-electron chi connectivity index (χ3n) is 2.87. The van der Waals surface area contributed by atoms with Crippen LogP contribution in [0.25, 0.3) is 0 Å². The molecular formula is C14H16N2OS. The molecule has 0 saturated carbocycles. The van der Waals surface area contributed by atoms with E-state index in [2.05, 4.69) is 11.9 Å². The Morgan fingerprint density at radius 3 is 2.72 bits per heavy atom. The number of hydrogen-bond acceptors (Lipinski definition) is 4. The lowest BCUT2D eigenvalue weighted by Gasteiger charge is -2.10. The van der Waals surface area contributed by atoms with E-state index in [1.54, 1.807) is 6.20 Å². The van der Waals surface area contributed by atoms with Crippen molar-refractivity contribution in [3.8, 4) is 0 Å². The molecule has 0 aliphatic carbocycles. The van der Waals surface area contributed by atoms with Gasteiger partial charge in [0.2, 0.25) is 0 Å². The summed E-state index contributed by atoms with van der Waals surface area (Å²) in [6.45, 7) is 2.06. The molecular weight excluding hydrogens is 244 g/mol. The van der Waals surface area contributed by atoms with Crippen LogP contribution in [-0.2, 0) is 11.2 Å². The van der Waals surface area contributed by atoms with E-state index in [1.807, 2.05) is 29.6 Å². The van der Waals surface area contributed by atoms with Crippen LogP contribution in [0.4, 0.5) is 5.69 Å². The van der Waals surface area contributed by atoms with Gasteiger partial charge in [-0.15, -0.1) is 11.3 Å². The summed E-state index contributed by atoms with van der Waals surface area (Å²) in [5.74, 6) is 0.451. The second-order valence-corrected chi connectivity index (χ2v) is 5.39. The van der Waals surface area contributed by atoms with Crippen molar-refractivity contribution in [2.24, 2.45) is 0 Å².